The molecule has 21 heavy (non-hydrogen) atoms. The van der Waals surface area contributed by atoms with Crippen molar-refractivity contribution in [2.24, 2.45) is 5.92 Å². The molecule has 1 aliphatic rings. The van der Waals surface area contributed by atoms with E-state index < -0.39 is 0 Å². The maximum Gasteiger partial charge on any atom is 0.227 e. The van der Waals surface area contributed by atoms with E-state index >= 15 is 0 Å². The van der Waals surface area contributed by atoms with Crippen molar-refractivity contribution < 1.29 is 9.53 Å². The van der Waals surface area contributed by atoms with Crippen molar-refractivity contribution in [3.63, 3.8) is 0 Å². The highest BCUT2D eigenvalue weighted by molar-refractivity contribution is 6.30. The van der Waals surface area contributed by atoms with Gasteiger partial charge in [0.1, 0.15) is 0 Å². The molecule has 2 N–H and O–H groups in total. The number of hydrogen-bond acceptors (Lipinski definition) is 3. The number of carbonyl (C=O) groups is 1. The molecule has 4 nitrogen and oxygen atoms in total. The number of hydrogen-bond donors (Lipinski definition) is 2. The van der Waals surface area contributed by atoms with Crippen molar-refractivity contribution >= 4 is 17.5 Å². The lowest BCUT2D eigenvalue weighted by Gasteiger charge is -2.23. The minimum atomic E-state index is -0.127. The molecular weight excluding hydrogens is 288 g/mol. The Morgan fingerprint density at radius 2 is 2.24 bits per heavy atom. The average Bonchev–Trinajstić information content (AvgIpc) is 2.93. The fourth-order valence-corrected chi connectivity index (χ4v) is 2.90. The quantitative estimate of drug-likeness (QED) is 0.849. The van der Waals surface area contributed by atoms with E-state index in [0.29, 0.717) is 18.2 Å². The second-order valence-electron chi connectivity index (χ2n) is 5.33. The molecule has 3 atom stereocenters. The van der Waals surface area contributed by atoms with Crippen LogP contribution < -0.4 is 10.6 Å². The van der Waals surface area contributed by atoms with Crippen LogP contribution in [0.3, 0.4) is 0 Å². The van der Waals surface area contributed by atoms with Crippen molar-refractivity contribution in [1.82, 2.24) is 10.6 Å². The first kappa shape index (κ1) is 16.3. The van der Waals surface area contributed by atoms with Crippen LogP contribution in [0.2, 0.25) is 5.02 Å². The van der Waals surface area contributed by atoms with E-state index in [4.69, 9.17) is 16.3 Å². The van der Waals surface area contributed by atoms with E-state index in [0.717, 1.165) is 18.5 Å². The molecule has 1 aliphatic heterocycles. The van der Waals surface area contributed by atoms with Crippen molar-refractivity contribution in [2.45, 2.75) is 32.4 Å². The Labute approximate surface area is 131 Å². The van der Waals surface area contributed by atoms with E-state index in [1.807, 2.05) is 31.2 Å². The lowest BCUT2D eigenvalue weighted by molar-refractivity contribution is -0.126. The summed E-state index contributed by atoms with van der Waals surface area (Å²) in [4.78, 5) is 12.5. The summed E-state index contributed by atoms with van der Waals surface area (Å²) in [5, 5.41) is 7.12. The van der Waals surface area contributed by atoms with Gasteiger partial charge in [-0.25, -0.2) is 0 Å². The first-order valence-electron chi connectivity index (χ1n) is 7.52. The molecule has 1 fully saturated rings. The van der Waals surface area contributed by atoms with Gasteiger partial charge < -0.3 is 15.4 Å². The van der Waals surface area contributed by atoms with E-state index in [9.17, 15) is 4.79 Å². The summed E-state index contributed by atoms with van der Waals surface area (Å²) in [6.45, 7) is 6.01. The number of ether oxygens (including phenoxy) is 1. The van der Waals surface area contributed by atoms with Gasteiger partial charge >= 0.3 is 0 Å². The standard InChI is InChI=1S/C16H23ClN2O2/c1-3-14(11-6-5-7-12(17)8-11)19-16(20)13-9-21-10-15(13)18-4-2/h5-8,13-15,18H,3-4,9-10H2,1-2H3,(H,19,20). The van der Waals surface area contributed by atoms with Gasteiger partial charge in [0.2, 0.25) is 5.91 Å². The van der Waals surface area contributed by atoms with Crippen LogP contribution in [0.15, 0.2) is 24.3 Å². The van der Waals surface area contributed by atoms with Crippen molar-refractivity contribution in [3.05, 3.63) is 34.9 Å². The van der Waals surface area contributed by atoms with E-state index in [-0.39, 0.29) is 23.9 Å². The van der Waals surface area contributed by atoms with Gasteiger partial charge in [-0.05, 0) is 30.7 Å². The van der Waals surface area contributed by atoms with Gasteiger partial charge in [-0.15, -0.1) is 0 Å². The number of rotatable bonds is 6. The summed E-state index contributed by atoms with van der Waals surface area (Å²) in [5.41, 5.74) is 1.04. The van der Waals surface area contributed by atoms with Gasteiger partial charge in [-0.1, -0.05) is 37.6 Å². The summed E-state index contributed by atoms with van der Waals surface area (Å²) in [6.07, 6.45) is 0.825. The van der Waals surface area contributed by atoms with Crippen molar-refractivity contribution in [2.75, 3.05) is 19.8 Å². The average molecular weight is 311 g/mol. The van der Waals surface area contributed by atoms with Gasteiger partial charge in [0.05, 0.1) is 25.2 Å². The third-order valence-electron chi connectivity index (χ3n) is 3.86. The predicted molar refractivity (Wildman–Crippen MR) is 84.4 cm³/mol. The molecule has 1 aromatic carbocycles. The molecule has 3 unspecified atom stereocenters. The van der Waals surface area contributed by atoms with Crippen LogP contribution in [-0.4, -0.2) is 31.7 Å². The number of halogens is 1. The molecule has 116 valence electrons. The third kappa shape index (κ3) is 4.19. The molecule has 5 heteroatoms. The number of likely N-dealkylation sites (N-methyl/N-ethyl adjacent to an activating group) is 1. The molecule has 0 radical (unpaired) electrons. The number of amides is 1. The predicted octanol–water partition coefficient (Wildman–Crippen LogP) is 2.53. The minimum Gasteiger partial charge on any atom is -0.379 e. The smallest absolute Gasteiger partial charge is 0.227 e. The number of carbonyl (C=O) groups excluding carboxylic acids is 1. The Morgan fingerprint density at radius 3 is 2.90 bits per heavy atom. The maximum atomic E-state index is 12.5. The zero-order valence-electron chi connectivity index (χ0n) is 12.6. The molecule has 0 spiro atoms. The molecule has 1 aromatic rings. The second kappa shape index (κ2) is 7.78. The third-order valence-corrected chi connectivity index (χ3v) is 4.09. The molecule has 1 amide bonds. The first-order chi connectivity index (χ1) is 10.2. The zero-order chi connectivity index (χ0) is 15.2. The molecule has 0 aliphatic carbocycles. The Bertz CT molecular complexity index is 481. The van der Waals surface area contributed by atoms with Crippen LogP contribution in [0.1, 0.15) is 31.9 Å². The number of benzene rings is 1. The first-order valence-corrected chi connectivity index (χ1v) is 7.90. The van der Waals surface area contributed by atoms with E-state index in [1.54, 1.807) is 0 Å². The Hall–Kier alpha value is -1.10. The fraction of sp³-hybridized carbons (Fsp3) is 0.562. The summed E-state index contributed by atoms with van der Waals surface area (Å²) >= 11 is 6.03. The Balaban J connectivity index is 2.02. The van der Waals surface area contributed by atoms with Crippen LogP contribution in [-0.2, 0) is 9.53 Å². The van der Waals surface area contributed by atoms with Crippen LogP contribution in [0.25, 0.3) is 0 Å². The van der Waals surface area contributed by atoms with Crippen LogP contribution in [0.4, 0.5) is 0 Å². The van der Waals surface area contributed by atoms with E-state index in [2.05, 4.69) is 17.6 Å². The summed E-state index contributed by atoms with van der Waals surface area (Å²) in [6, 6.07) is 7.74. The molecule has 0 bridgehead atoms. The molecule has 1 saturated heterocycles. The lowest BCUT2D eigenvalue weighted by atomic mass is 9.99. The van der Waals surface area contributed by atoms with Gasteiger partial charge in [-0.2, -0.15) is 0 Å². The largest absolute Gasteiger partial charge is 0.379 e. The molecule has 2 rings (SSSR count). The zero-order valence-corrected chi connectivity index (χ0v) is 13.3. The van der Waals surface area contributed by atoms with Crippen molar-refractivity contribution in [3.8, 4) is 0 Å². The monoisotopic (exact) mass is 310 g/mol. The summed E-state index contributed by atoms with van der Waals surface area (Å²) in [7, 11) is 0. The fourth-order valence-electron chi connectivity index (χ4n) is 2.70. The minimum absolute atomic E-state index is 0.0147. The lowest BCUT2D eigenvalue weighted by Crippen LogP contribution is -2.44. The van der Waals surface area contributed by atoms with Gasteiger partial charge in [0, 0.05) is 11.1 Å². The molecular formula is C16H23ClN2O2. The van der Waals surface area contributed by atoms with Crippen LogP contribution >= 0.6 is 11.6 Å². The SMILES string of the molecule is CCNC1COCC1C(=O)NC(CC)c1cccc(Cl)c1. The highest BCUT2D eigenvalue weighted by Gasteiger charge is 2.34. The number of nitrogens with one attached hydrogen (secondary N) is 2. The normalized spacial score (nSPS) is 23.0. The highest BCUT2D eigenvalue weighted by atomic mass is 35.5. The van der Waals surface area contributed by atoms with E-state index in [1.165, 1.54) is 0 Å². The van der Waals surface area contributed by atoms with Crippen molar-refractivity contribution in [1.29, 1.82) is 0 Å². The maximum absolute atomic E-state index is 12.5. The van der Waals surface area contributed by atoms with Gasteiger partial charge in [0.25, 0.3) is 0 Å². The topological polar surface area (TPSA) is 50.4 Å². The van der Waals surface area contributed by atoms with Gasteiger partial charge in [0.15, 0.2) is 0 Å². The Kier molecular flexibility index (Phi) is 6.03. The van der Waals surface area contributed by atoms with Gasteiger partial charge in [-0.3, -0.25) is 4.79 Å². The molecule has 1 heterocycles. The summed E-state index contributed by atoms with van der Waals surface area (Å²) in [5.74, 6) is -0.0801. The van der Waals surface area contributed by atoms with Crippen LogP contribution in [0.5, 0.6) is 0 Å². The summed E-state index contributed by atoms with van der Waals surface area (Å²) < 4.78 is 5.44. The van der Waals surface area contributed by atoms with Crippen LogP contribution in [0, 0.1) is 5.92 Å². The highest BCUT2D eigenvalue weighted by Crippen LogP contribution is 2.22. The second-order valence-corrected chi connectivity index (χ2v) is 5.77. The molecule has 0 aromatic heterocycles. The Morgan fingerprint density at radius 1 is 1.43 bits per heavy atom. The molecule has 0 saturated carbocycles.